The van der Waals surface area contributed by atoms with Gasteiger partial charge in [-0.2, -0.15) is 0 Å². The third kappa shape index (κ3) is 4.12. The number of benzene rings is 1. The van der Waals surface area contributed by atoms with Gasteiger partial charge < -0.3 is 11.1 Å². The van der Waals surface area contributed by atoms with Crippen molar-refractivity contribution in [3.63, 3.8) is 0 Å². The number of Topliss-reactive ketones (excluding diaryl/α,β-unsaturated/α-hetero) is 1. The SMILES string of the molecule is Cc1ncc(C(=O)NC(Cc2ccccc2)C(=O)C(N)=O)n1-c1cccnc1. The molecule has 2 aromatic heterocycles. The maximum absolute atomic E-state index is 12.9. The van der Waals surface area contributed by atoms with E-state index in [1.54, 1.807) is 48.1 Å². The van der Waals surface area contributed by atoms with Gasteiger partial charge in [0.2, 0.25) is 5.78 Å². The zero-order valence-electron chi connectivity index (χ0n) is 15.2. The highest BCUT2D eigenvalue weighted by Crippen LogP contribution is 2.14. The van der Waals surface area contributed by atoms with E-state index in [4.69, 9.17) is 5.73 Å². The van der Waals surface area contributed by atoms with Crippen LogP contribution >= 0.6 is 0 Å². The van der Waals surface area contributed by atoms with Gasteiger partial charge in [0.25, 0.3) is 11.8 Å². The van der Waals surface area contributed by atoms with Gasteiger partial charge in [-0.1, -0.05) is 30.3 Å². The monoisotopic (exact) mass is 377 g/mol. The summed E-state index contributed by atoms with van der Waals surface area (Å²) in [5, 5.41) is 2.62. The molecule has 28 heavy (non-hydrogen) atoms. The largest absolute Gasteiger partial charge is 0.363 e. The highest BCUT2D eigenvalue weighted by molar-refractivity contribution is 6.38. The Morgan fingerprint density at radius 3 is 2.50 bits per heavy atom. The third-order valence-electron chi connectivity index (χ3n) is 4.22. The van der Waals surface area contributed by atoms with Crippen molar-refractivity contribution in [2.24, 2.45) is 5.73 Å². The molecule has 0 radical (unpaired) electrons. The van der Waals surface area contributed by atoms with Crippen LogP contribution in [0.2, 0.25) is 0 Å². The summed E-state index contributed by atoms with van der Waals surface area (Å²) in [7, 11) is 0. The predicted molar refractivity (Wildman–Crippen MR) is 102 cm³/mol. The Balaban J connectivity index is 1.89. The number of hydrogen-bond donors (Lipinski definition) is 2. The molecule has 0 fully saturated rings. The van der Waals surface area contributed by atoms with Gasteiger partial charge in [0.15, 0.2) is 0 Å². The Labute approximate surface area is 161 Å². The number of nitrogens with one attached hydrogen (secondary N) is 1. The molecule has 1 aromatic carbocycles. The van der Waals surface area contributed by atoms with Crippen molar-refractivity contribution in [3.05, 3.63) is 78.1 Å². The summed E-state index contributed by atoms with van der Waals surface area (Å²) >= 11 is 0. The normalized spacial score (nSPS) is 11.6. The number of rotatable bonds is 7. The quantitative estimate of drug-likeness (QED) is 0.595. The first-order valence-corrected chi connectivity index (χ1v) is 8.60. The second kappa shape index (κ2) is 8.26. The lowest BCUT2D eigenvalue weighted by Gasteiger charge is -2.17. The molecule has 2 amide bonds. The molecule has 0 saturated carbocycles. The first-order valence-electron chi connectivity index (χ1n) is 8.60. The van der Waals surface area contributed by atoms with Gasteiger partial charge in [-0.15, -0.1) is 0 Å². The standard InChI is InChI=1S/C20H19N5O3/c1-13-23-12-17(25(13)15-8-5-9-22-11-15)20(28)24-16(18(26)19(21)27)10-14-6-3-2-4-7-14/h2-9,11-12,16H,10H2,1H3,(H2,21,27)(H,24,28). The average molecular weight is 377 g/mol. The van der Waals surface area contributed by atoms with E-state index in [9.17, 15) is 14.4 Å². The summed E-state index contributed by atoms with van der Waals surface area (Å²) in [6, 6.07) is 11.5. The van der Waals surface area contributed by atoms with Crippen molar-refractivity contribution >= 4 is 17.6 Å². The number of nitrogens with zero attached hydrogens (tertiary/aromatic N) is 3. The summed E-state index contributed by atoms with van der Waals surface area (Å²) in [6.07, 6.45) is 4.78. The van der Waals surface area contributed by atoms with E-state index in [-0.39, 0.29) is 12.1 Å². The number of pyridine rings is 1. The lowest BCUT2D eigenvalue weighted by atomic mass is 10.0. The molecule has 3 rings (SSSR count). The lowest BCUT2D eigenvalue weighted by Crippen LogP contribution is -2.47. The molecule has 8 heteroatoms. The molecule has 0 saturated heterocycles. The first kappa shape index (κ1) is 19.0. The van der Waals surface area contributed by atoms with Crippen molar-refractivity contribution in [3.8, 4) is 5.69 Å². The van der Waals surface area contributed by atoms with E-state index in [0.717, 1.165) is 5.56 Å². The van der Waals surface area contributed by atoms with Crippen molar-refractivity contribution in [1.82, 2.24) is 19.9 Å². The number of carbonyl (C=O) groups excluding carboxylic acids is 3. The molecular formula is C20H19N5O3. The number of ketones is 1. The average Bonchev–Trinajstić information content (AvgIpc) is 3.09. The minimum atomic E-state index is -1.10. The van der Waals surface area contributed by atoms with Gasteiger partial charge in [-0.25, -0.2) is 4.98 Å². The lowest BCUT2D eigenvalue weighted by molar-refractivity contribution is -0.137. The Bertz CT molecular complexity index is 999. The van der Waals surface area contributed by atoms with Crippen molar-refractivity contribution in [2.45, 2.75) is 19.4 Å². The second-order valence-electron chi connectivity index (χ2n) is 6.18. The summed E-state index contributed by atoms with van der Waals surface area (Å²) in [5.41, 5.74) is 6.83. The fraction of sp³-hybridized carbons (Fsp3) is 0.150. The molecule has 0 bridgehead atoms. The van der Waals surface area contributed by atoms with Crippen LogP contribution in [-0.4, -0.2) is 38.2 Å². The molecule has 2 heterocycles. The Kier molecular flexibility index (Phi) is 5.59. The Morgan fingerprint density at radius 1 is 1.11 bits per heavy atom. The number of hydrogen-bond acceptors (Lipinski definition) is 5. The second-order valence-corrected chi connectivity index (χ2v) is 6.18. The predicted octanol–water partition coefficient (Wildman–Crippen LogP) is 0.971. The molecule has 142 valence electrons. The molecular weight excluding hydrogens is 358 g/mol. The summed E-state index contributed by atoms with van der Waals surface area (Å²) in [4.78, 5) is 44.8. The van der Waals surface area contributed by atoms with E-state index >= 15 is 0 Å². The van der Waals surface area contributed by atoms with Gasteiger partial charge in [0.1, 0.15) is 17.6 Å². The van der Waals surface area contributed by atoms with Crippen LogP contribution in [0.5, 0.6) is 0 Å². The van der Waals surface area contributed by atoms with Crippen molar-refractivity contribution in [2.75, 3.05) is 0 Å². The van der Waals surface area contributed by atoms with E-state index in [2.05, 4.69) is 15.3 Å². The van der Waals surface area contributed by atoms with Crippen LogP contribution < -0.4 is 11.1 Å². The Hall–Kier alpha value is -3.81. The van der Waals surface area contributed by atoms with Crippen molar-refractivity contribution < 1.29 is 14.4 Å². The van der Waals surface area contributed by atoms with Gasteiger partial charge in [-0.3, -0.25) is 23.9 Å². The first-order chi connectivity index (χ1) is 13.5. The topological polar surface area (TPSA) is 120 Å². The van der Waals surface area contributed by atoms with Crippen LogP contribution in [0.15, 0.2) is 61.1 Å². The summed E-state index contributed by atoms with van der Waals surface area (Å²) < 4.78 is 1.62. The van der Waals surface area contributed by atoms with Crippen LogP contribution in [0.25, 0.3) is 5.69 Å². The minimum absolute atomic E-state index is 0.147. The van der Waals surface area contributed by atoms with Gasteiger partial charge in [0.05, 0.1) is 18.1 Å². The molecule has 0 aliphatic carbocycles. The van der Waals surface area contributed by atoms with Crippen LogP contribution in [0, 0.1) is 6.92 Å². The minimum Gasteiger partial charge on any atom is -0.363 e. The fourth-order valence-electron chi connectivity index (χ4n) is 2.88. The van der Waals surface area contributed by atoms with Crippen LogP contribution in [0.3, 0.4) is 0 Å². The molecule has 0 aliphatic heterocycles. The molecule has 1 atom stereocenters. The molecule has 1 unspecified atom stereocenters. The summed E-state index contributed by atoms with van der Waals surface area (Å²) in [6.45, 7) is 1.75. The Morgan fingerprint density at radius 2 is 1.86 bits per heavy atom. The molecule has 0 aliphatic rings. The van der Waals surface area contributed by atoms with Crippen LogP contribution in [0.1, 0.15) is 21.9 Å². The number of primary amides is 1. The number of nitrogens with two attached hydrogens (primary N) is 1. The van der Waals surface area contributed by atoms with Crippen molar-refractivity contribution in [1.29, 1.82) is 0 Å². The number of amides is 2. The van der Waals surface area contributed by atoms with E-state index in [1.165, 1.54) is 6.20 Å². The third-order valence-corrected chi connectivity index (χ3v) is 4.22. The number of imidazole rings is 1. The maximum Gasteiger partial charge on any atom is 0.287 e. The van der Waals surface area contributed by atoms with E-state index < -0.39 is 23.6 Å². The molecule has 8 nitrogen and oxygen atoms in total. The van der Waals surface area contributed by atoms with Gasteiger partial charge >= 0.3 is 0 Å². The van der Waals surface area contributed by atoms with Crippen LogP contribution in [-0.2, 0) is 16.0 Å². The van der Waals surface area contributed by atoms with E-state index in [0.29, 0.717) is 11.5 Å². The fourth-order valence-corrected chi connectivity index (χ4v) is 2.88. The molecule has 3 aromatic rings. The van der Waals surface area contributed by atoms with E-state index in [1.807, 2.05) is 18.2 Å². The highest BCUT2D eigenvalue weighted by Gasteiger charge is 2.27. The highest BCUT2D eigenvalue weighted by atomic mass is 16.2. The molecule has 3 N–H and O–H groups in total. The maximum atomic E-state index is 12.9. The zero-order chi connectivity index (χ0) is 20.1. The number of carbonyl (C=O) groups is 3. The number of aromatic nitrogens is 3. The van der Waals surface area contributed by atoms with Crippen LogP contribution in [0.4, 0.5) is 0 Å². The smallest absolute Gasteiger partial charge is 0.287 e. The molecule has 0 spiro atoms. The summed E-state index contributed by atoms with van der Waals surface area (Å²) in [5.74, 6) is -1.92. The zero-order valence-corrected chi connectivity index (χ0v) is 15.2. The van der Waals surface area contributed by atoms with Gasteiger partial charge in [-0.05, 0) is 24.6 Å². The number of aryl methyl sites for hydroxylation is 1. The van der Waals surface area contributed by atoms with Gasteiger partial charge in [0, 0.05) is 12.6 Å².